The van der Waals surface area contributed by atoms with Crippen molar-refractivity contribution >= 4 is 17.7 Å². The number of rotatable bonds is 8. The summed E-state index contributed by atoms with van der Waals surface area (Å²) < 4.78 is 23.7. The first-order valence-corrected chi connectivity index (χ1v) is 14.4. The first-order chi connectivity index (χ1) is 18.8. The van der Waals surface area contributed by atoms with E-state index in [9.17, 15) is 19.5 Å². The third-order valence-corrected chi connectivity index (χ3v) is 9.25. The largest absolute Gasteiger partial charge is 0.508 e. The Hall–Kier alpha value is -2.71. The number of hydrogen-bond acceptors (Lipinski definition) is 8. The molecule has 2 fully saturated rings. The molecule has 1 aliphatic carbocycles. The fraction of sp³-hybridized carbons (Fsp3) is 0.656. The molecule has 2 aliphatic heterocycles. The van der Waals surface area contributed by atoms with Gasteiger partial charge in [-0.05, 0) is 55.2 Å². The van der Waals surface area contributed by atoms with Crippen molar-refractivity contribution in [3.63, 3.8) is 0 Å². The topological polar surface area (TPSA) is 108 Å². The lowest BCUT2D eigenvalue weighted by Crippen LogP contribution is -2.65. The molecular formula is C32H44O8. The Kier molecular flexibility index (Phi) is 8.81. The second-order valence-electron chi connectivity index (χ2n) is 12.7. The average Bonchev–Trinajstić information content (AvgIpc) is 3.20. The van der Waals surface area contributed by atoms with Gasteiger partial charge in [0, 0.05) is 18.9 Å². The molecule has 1 N–H and O–H groups in total. The average molecular weight is 557 g/mol. The molecule has 0 aromatic heterocycles. The number of cyclic esters (lactones) is 1. The summed E-state index contributed by atoms with van der Waals surface area (Å²) in [6.07, 6.45) is 4.29. The van der Waals surface area contributed by atoms with Crippen LogP contribution < -0.4 is 0 Å². The molecule has 1 saturated heterocycles. The molecule has 2 heterocycles. The van der Waals surface area contributed by atoms with Crippen LogP contribution in [-0.4, -0.2) is 53.9 Å². The van der Waals surface area contributed by atoms with Gasteiger partial charge in [-0.2, -0.15) is 0 Å². The Morgan fingerprint density at radius 2 is 1.90 bits per heavy atom. The van der Waals surface area contributed by atoms with Crippen LogP contribution in [0.3, 0.4) is 0 Å². The predicted octanol–water partition coefficient (Wildman–Crippen LogP) is 5.32. The van der Waals surface area contributed by atoms with E-state index < -0.39 is 41.1 Å². The molecule has 0 amide bonds. The van der Waals surface area contributed by atoms with Crippen LogP contribution in [-0.2, 0) is 33.3 Å². The lowest BCUT2D eigenvalue weighted by atomic mass is 9.55. The third-order valence-electron chi connectivity index (χ3n) is 9.25. The van der Waals surface area contributed by atoms with Crippen molar-refractivity contribution in [1.82, 2.24) is 0 Å². The monoisotopic (exact) mass is 556 g/mol. The molecule has 40 heavy (non-hydrogen) atoms. The highest BCUT2D eigenvalue weighted by Gasteiger charge is 2.63. The number of Topliss-reactive ketones (excluding diaryl/α,β-unsaturated/α-hetero) is 1. The van der Waals surface area contributed by atoms with E-state index >= 15 is 0 Å². The second-order valence-corrected chi connectivity index (χ2v) is 12.7. The Morgan fingerprint density at radius 3 is 2.52 bits per heavy atom. The number of carbonyl (C=O) groups is 3. The summed E-state index contributed by atoms with van der Waals surface area (Å²) in [5.74, 6) is -2.42. The Morgan fingerprint density at radius 1 is 1.18 bits per heavy atom. The minimum Gasteiger partial charge on any atom is -0.508 e. The minimum absolute atomic E-state index is 0.0208. The van der Waals surface area contributed by atoms with Gasteiger partial charge in [0.2, 0.25) is 0 Å². The number of carbonyl (C=O) groups excluding carboxylic acids is 3. The summed E-state index contributed by atoms with van der Waals surface area (Å²) in [5, 5.41) is 9.92. The lowest BCUT2D eigenvalue weighted by Gasteiger charge is -2.56. The first kappa shape index (κ1) is 30.3. The summed E-state index contributed by atoms with van der Waals surface area (Å²) in [6.45, 7) is 11.8. The molecule has 1 aromatic carbocycles. The fourth-order valence-electron chi connectivity index (χ4n) is 6.90. The van der Waals surface area contributed by atoms with Gasteiger partial charge in [-0.1, -0.05) is 58.9 Å². The van der Waals surface area contributed by atoms with Gasteiger partial charge in [0.05, 0.1) is 18.6 Å². The lowest BCUT2D eigenvalue weighted by molar-refractivity contribution is -0.218. The van der Waals surface area contributed by atoms with E-state index in [2.05, 4.69) is 19.9 Å². The van der Waals surface area contributed by atoms with E-state index in [0.717, 1.165) is 12.0 Å². The second kappa shape index (κ2) is 11.6. The van der Waals surface area contributed by atoms with E-state index in [0.29, 0.717) is 12.8 Å². The molecule has 9 atom stereocenters. The number of benzene rings is 1. The number of ketones is 1. The maximum Gasteiger partial charge on any atom is 0.320 e. The van der Waals surface area contributed by atoms with E-state index in [1.165, 1.54) is 0 Å². The molecule has 8 heteroatoms. The van der Waals surface area contributed by atoms with Crippen molar-refractivity contribution in [2.45, 2.75) is 97.2 Å². The molecule has 1 saturated carbocycles. The summed E-state index contributed by atoms with van der Waals surface area (Å²) in [4.78, 5) is 39.2. The molecule has 1 spiro atoms. The normalized spacial score (nSPS) is 34.9. The molecule has 0 radical (unpaired) electrons. The van der Waals surface area contributed by atoms with Gasteiger partial charge in [0.15, 0.2) is 5.78 Å². The van der Waals surface area contributed by atoms with Crippen molar-refractivity contribution in [2.24, 2.45) is 29.1 Å². The number of ether oxygens (including phenoxy) is 4. The van der Waals surface area contributed by atoms with Crippen LogP contribution in [0.15, 0.2) is 36.4 Å². The zero-order chi connectivity index (χ0) is 29.4. The zero-order valence-corrected chi connectivity index (χ0v) is 24.7. The van der Waals surface area contributed by atoms with E-state index in [1.807, 2.05) is 32.9 Å². The number of methoxy groups -OCH3 is 1. The van der Waals surface area contributed by atoms with Crippen LogP contribution in [0.1, 0.15) is 78.9 Å². The van der Waals surface area contributed by atoms with Gasteiger partial charge in [-0.25, -0.2) is 0 Å². The molecule has 3 aliphatic rings. The van der Waals surface area contributed by atoms with E-state index in [1.54, 1.807) is 32.2 Å². The van der Waals surface area contributed by atoms with Crippen LogP contribution in [0.2, 0.25) is 0 Å². The molecule has 4 rings (SSSR count). The molecule has 0 bridgehead atoms. The maximum absolute atomic E-state index is 13.8. The quantitative estimate of drug-likeness (QED) is 0.260. The molecular weight excluding hydrogens is 512 g/mol. The smallest absolute Gasteiger partial charge is 0.320 e. The SMILES string of the molecule is CO[C@@H](CC[C@@H](C)[C@H]1O[C@@]2(C=C[C@@H]1C)[C@H](C(=O)O[C@@H]1CC(=O)OC1C)C(=O)[C@H](C)CC2(C)C)c1cccc(O)c1. The van der Waals surface area contributed by atoms with Crippen molar-refractivity contribution in [3.8, 4) is 5.75 Å². The Balaban J connectivity index is 1.58. The van der Waals surface area contributed by atoms with Gasteiger partial charge in [0.25, 0.3) is 0 Å². The third kappa shape index (κ3) is 5.70. The maximum atomic E-state index is 13.8. The summed E-state index contributed by atoms with van der Waals surface area (Å²) >= 11 is 0. The number of phenolic OH excluding ortho intramolecular Hbond substituents is 1. The fourth-order valence-corrected chi connectivity index (χ4v) is 6.90. The van der Waals surface area contributed by atoms with Crippen LogP contribution in [0.4, 0.5) is 0 Å². The van der Waals surface area contributed by atoms with E-state index in [4.69, 9.17) is 18.9 Å². The molecule has 8 nitrogen and oxygen atoms in total. The number of aromatic hydroxyl groups is 1. The molecule has 220 valence electrons. The number of esters is 2. The van der Waals surface area contributed by atoms with Crippen molar-refractivity contribution in [3.05, 3.63) is 42.0 Å². The van der Waals surface area contributed by atoms with Gasteiger partial charge in [-0.3, -0.25) is 14.4 Å². The first-order valence-electron chi connectivity index (χ1n) is 14.4. The van der Waals surface area contributed by atoms with Crippen molar-refractivity contribution in [2.75, 3.05) is 7.11 Å². The highest BCUT2D eigenvalue weighted by atomic mass is 16.6. The summed E-state index contributed by atoms with van der Waals surface area (Å²) in [5.41, 5.74) is -0.816. The van der Waals surface area contributed by atoms with Crippen LogP contribution in [0.5, 0.6) is 5.75 Å². The van der Waals surface area contributed by atoms with Gasteiger partial charge in [-0.15, -0.1) is 0 Å². The summed E-state index contributed by atoms with van der Waals surface area (Å²) in [7, 11) is 1.66. The molecule has 1 aromatic rings. The van der Waals surface area contributed by atoms with E-state index in [-0.39, 0.29) is 47.9 Å². The van der Waals surface area contributed by atoms with Crippen LogP contribution in [0, 0.1) is 29.1 Å². The zero-order valence-electron chi connectivity index (χ0n) is 24.7. The van der Waals surface area contributed by atoms with Crippen molar-refractivity contribution in [1.29, 1.82) is 0 Å². The summed E-state index contributed by atoms with van der Waals surface area (Å²) in [6, 6.07) is 7.09. The molecule has 1 unspecified atom stereocenters. The minimum atomic E-state index is -1.18. The van der Waals surface area contributed by atoms with Crippen molar-refractivity contribution < 1.29 is 38.4 Å². The predicted molar refractivity (Wildman–Crippen MR) is 148 cm³/mol. The number of hydrogen-bond donors (Lipinski definition) is 1. The Bertz CT molecular complexity index is 1140. The highest BCUT2D eigenvalue weighted by molar-refractivity contribution is 6.03. The number of phenols is 1. The van der Waals surface area contributed by atoms with Crippen LogP contribution >= 0.6 is 0 Å². The van der Waals surface area contributed by atoms with Gasteiger partial charge < -0.3 is 24.1 Å². The Labute approximate surface area is 237 Å². The standard InChI is InChI=1S/C32H44O8/c1-18(11-12-24(37-7)22-9-8-10-23(33)15-22)29-19(2)13-14-32(40-29)27(28(35)20(3)17-31(32,5)6)30(36)39-25-16-26(34)38-21(25)4/h8-10,13-15,18-21,24-25,27,29,33H,11-12,16-17H2,1-7H3/t18-,19+,20-,21?,24+,25-,27+,29-,32+/m1/s1. The van der Waals surface area contributed by atoms with Gasteiger partial charge in [0.1, 0.15) is 29.5 Å². The highest BCUT2D eigenvalue weighted by Crippen LogP contribution is 2.54. The van der Waals surface area contributed by atoms with Gasteiger partial charge >= 0.3 is 11.9 Å². The van der Waals surface area contributed by atoms with Crippen LogP contribution in [0.25, 0.3) is 0 Å².